The van der Waals surface area contributed by atoms with E-state index < -0.39 is 0 Å². The van der Waals surface area contributed by atoms with Crippen molar-refractivity contribution in [1.29, 1.82) is 0 Å². The first kappa shape index (κ1) is 20.3. The first-order valence-electron chi connectivity index (χ1n) is 9.75. The topological polar surface area (TPSA) is 51.4 Å². The van der Waals surface area contributed by atoms with E-state index in [0.717, 1.165) is 51.1 Å². The van der Waals surface area contributed by atoms with Gasteiger partial charge in [0.1, 0.15) is 12.4 Å². The minimum Gasteiger partial charge on any atom is -0.489 e. The molecule has 1 heterocycles. The number of hydrogen-bond acceptors (Lipinski definition) is 4. The van der Waals surface area contributed by atoms with Crippen molar-refractivity contribution in [1.82, 2.24) is 5.32 Å². The van der Waals surface area contributed by atoms with Gasteiger partial charge in [0, 0.05) is 21.4 Å². The number of rotatable bonds is 9. The first-order valence-corrected chi connectivity index (χ1v) is 10.9. The fourth-order valence-corrected chi connectivity index (χ4v) is 4.41. The molecule has 4 rings (SSSR count). The Labute approximate surface area is 181 Å². The second-order valence-corrected chi connectivity index (χ2v) is 8.95. The van der Waals surface area contributed by atoms with E-state index in [1.165, 1.54) is 0 Å². The van der Waals surface area contributed by atoms with Gasteiger partial charge in [-0.1, -0.05) is 65.8 Å². The third kappa shape index (κ3) is 5.55. The number of ether oxygens (including phenoxy) is 1. The quantitative estimate of drug-likeness (QED) is 0.454. The zero-order valence-electron chi connectivity index (χ0n) is 16.1. The maximum absolute atomic E-state index is 9.43. The van der Waals surface area contributed by atoms with E-state index >= 15 is 0 Å². The van der Waals surface area contributed by atoms with Gasteiger partial charge in [-0.15, -0.1) is 0 Å². The number of aliphatic hydroxyl groups excluding tert-OH is 1. The van der Waals surface area contributed by atoms with Crippen LogP contribution in [0.5, 0.6) is 5.75 Å². The van der Waals surface area contributed by atoms with E-state index in [2.05, 4.69) is 41.7 Å². The number of aliphatic hydroxyl groups is 1. The molecular weight excluding hydrogens is 402 g/mol. The molecule has 1 aliphatic heterocycles. The Morgan fingerprint density at radius 3 is 2.52 bits per heavy atom. The second kappa shape index (κ2) is 9.23. The van der Waals surface area contributed by atoms with E-state index in [1.807, 2.05) is 36.4 Å². The molecule has 0 bridgehead atoms. The maximum atomic E-state index is 9.43. The Morgan fingerprint density at radius 2 is 1.79 bits per heavy atom. The van der Waals surface area contributed by atoms with Crippen molar-refractivity contribution in [2.75, 3.05) is 13.2 Å². The van der Waals surface area contributed by atoms with Crippen LogP contribution in [0.15, 0.2) is 82.6 Å². The fourth-order valence-electron chi connectivity index (χ4n) is 3.17. The molecular formula is C24H24ClNO2S. The first-order chi connectivity index (χ1) is 14.2. The SMILES string of the molecule is OCC1(CCc2ccc(Sc3cccc(OCc4ccccc4)c3)cc2Cl)CN1. The molecule has 0 spiro atoms. The van der Waals surface area contributed by atoms with Crippen LogP contribution in [0, 0.1) is 0 Å². The van der Waals surface area contributed by atoms with Crippen LogP contribution >= 0.6 is 23.4 Å². The second-order valence-electron chi connectivity index (χ2n) is 7.40. The molecule has 1 saturated heterocycles. The predicted molar refractivity (Wildman–Crippen MR) is 119 cm³/mol. The Balaban J connectivity index is 1.36. The van der Waals surface area contributed by atoms with Gasteiger partial charge in [-0.3, -0.25) is 0 Å². The summed E-state index contributed by atoms with van der Waals surface area (Å²) in [4.78, 5) is 2.21. The monoisotopic (exact) mass is 425 g/mol. The predicted octanol–water partition coefficient (Wildman–Crippen LogP) is 5.34. The van der Waals surface area contributed by atoms with Crippen molar-refractivity contribution >= 4 is 23.4 Å². The van der Waals surface area contributed by atoms with Gasteiger partial charge in [0.2, 0.25) is 0 Å². The average Bonchev–Trinajstić information content (AvgIpc) is 3.53. The van der Waals surface area contributed by atoms with Crippen LogP contribution in [-0.4, -0.2) is 23.8 Å². The highest BCUT2D eigenvalue weighted by Crippen LogP contribution is 2.34. The van der Waals surface area contributed by atoms with Gasteiger partial charge in [0.15, 0.2) is 0 Å². The minimum atomic E-state index is -0.0864. The van der Waals surface area contributed by atoms with Crippen molar-refractivity contribution < 1.29 is 9.84 Å². The van der Waals surface area contributed by atoms with E-state index in [-0.39, 0.29) is 12.1 Å². The third-order valence-electron chi connectivity index (χ3n) is 5.17. The summed E-state index contributed by atoms with van der Waals surface area (Å²) in [6.45, 7) is 1.62. The molecule has 3 nitrogen and oxygen atoms in total. The number of halogens is 1. The summed E-state index contributed by atoms with van der Waals surface area (Å²) in [5.41, 5.74) is 2.19. The Hall–Kier alpha value is -1.98. The van der Waals surface area contributed by atoms with Gasteiger partial charge >= 0.3 is 0 Å². The number of nitrogens with one attached hydrogen (secondary N) is 1. The lowest BCUT2D eigenvalue weighted by Gasteiger charge is -2.12. The zero-order chi connectivity index (χ0) is 20.1. The van der Waals surface area contributed by atoms with Gasteiger partial charge in [0.25, 0.3) is 0 Å². The van der Waals surface area contributed by atoms with Crippen LogP contribution in [0.2, 0.25) is 5.02 Å². The molecule has 0 aliphatic carbocycles. The molecule has 2 N–H and O–H groups in total. The fraction of sp³-hybridized carbons (Fsp3) is 0.250. The molecule has 29 heavy (non-hydrogen) atoms. The lowest BCUT2D eigenvalue weighted by atomic mass is 10.0. The highest BCUT2D eigenvalue weighted by Gasteiger charge is 2.40. The van der Waals surface area contributed by atoms with Gasteiger partial charge in [0.05, 0.1) is 12.1 Å². The summed E-state index contributed by atoms with van der Waals surface area (Å²) in [7, 11) is 0. The van der Waals surface area contributed by atoms with Crippen LogP contribution in [0.4, 0.5) is 0 Å². The van der Waals surface area contributed by atoms with Gasteiger partial charge < -0.3 is 15.2 Å². The highest BCUT2D eigenvalue weighted by molar-refractivity contribution is 7.99. The van der Waals surface area contributed by atoms with Crippen LogP contribution < -0.4 is 10.1 Å². The van der Waals surface area contributed by atoms with Crippen LogP contribution in [-0.2, 0) is 13.0 Å². The lowest BCUT2D eigenvalue weighted by molar-refractivity contribution is 0.244. The molecule has 1 unspecified atom stereocenters. The highest BCUT2D eigenvalue weighted by atomic mass is 35.5. The van der Waals surface area contributed by atoms with Crippen molar-refractivity contribution in [2.24, 2.45) is 0 Å². The van der Waals surface area contributed by atoms with Gasteiger partial charge in [-0.25, -0.2) is 0 Å². The normalized spacial score (nSPS) is 17.9. The number of aryl methyl sites for hydroxylation is 1. The standard InChI is InChI=1S/C24H24ClNO2S/c25-23-14-22(10-9-19(23)11-12-24(17-27)16-26-24)29-21-8-4-7-20(13-21)28-15-18-5-2-1-3-6-18/h1-10,13-14,26-27H,11-12,15-17H2. The molecule has 3 aromatic rings. The Bertz CT molecular complexity index is 960. The van der Waals surface area contributed by atoms with Crippen molar-refractivity contribution in [3.8, 4) is 5.75 Å². The van der Waals surface area contributed by atoms with E-state index in [9.17, 15) is 5.11 Å². The van der Waals surface area contributed by atoms with Gasteiger partial charge in [-0.2, -0.15) is 0 Å². The summed E-state index contributed by atoms with van der Waals surface area (Å²) in [5.74, 6) is 0.854. The molecule has 0 amide bonds. The summed E-state index contributed by atoms with van der Waals surface area (Å²) in [6.07, 6.45) is 1.76. The molecule has 0 radical (unpaired) electrons. The summed E-state index contributed by atoms with van der Waals surface area (Å²) >= 11 is 8.19. The van der Waals surface area contributed by atoms with Crippen molar-refractivity contribution in [2.45, 2.75) is 34.8 Å². The van der Waals surface area contributed by atoms with Crippen LogP contribution in [0.1, 0.15) is 17.5 Å². The number of hydrogen-bond donors (Lipinski definition) is 2. The molecule has 5 heteroatoms. The smallest absolute Gasteiger partial charge is 0.120 e. The summed E-state index contributed by atoms with van der Waals surface area (Å²) < 4.78 is 5.93. The molecule has 3 aromatic carbocycles. The average molecular weight is 426 g/mol. The largest absolute Gasteiger partial charge is 0.489 e. The van der Waals surface area contributed by atoms with E-state index in [4.69, 9.17) is 16.3 Å². The zero-order valence-corrected chi connectivity index (χ0v) is 17.7. The third-order valence-corrected chi connectivity index (χ3v) is 6.50. The van der Waals surface area contributed by atoms with Crippen LogP contribution in [0.3, 0.4) is 0 Å². The summed E-state index contributed by atoms with van der Waals surface area (Å²) in [6, 6.07) is 24.5. The maximum Gasteiger partial charge on any atom is 0.120 e. The Morgan fingerprint density at radius 1 is 1.00 bits per heavy atom. The summed E-state index contributed by atoms with van der Waals surface area (Å²) in [5, 5.41) is 13.5. The molecule has 1 fully saturated rings. The van der Waals surface area contributed by atoms with Crippen molar-refractivity contribution in [3.05, 3.63) is 88.9 Å². The molecule has 1 atom stereocenters. The Kier molecular flexibility index (Phi) is 6.46. The molecule has 1 aliphatic rings. The van der Waals surface area contributed by atoms with Crippen LogP contribution in [0.25, 0.3) is 0 Å². The molecule has 150 valence electrons. The lowest BCUT2D eigenvalue weighted by Crippen LogP contribution is -2.21. The van der Waals surface area contributed by atoms with Gasteiger partial charge in [-0.05, 0) is 54.3 Å². The minimum absolute atomic E-state index is 0.0864. The van der Waals surface area contributed by atoms with E-state index in [0.29, 0.717) is 6.61 Å². The van der Waals surface area contributed by atoms with Crippen molar-refractivity contribution in [3.63, 3.8) is 0 Å². The molecule has 0 saturated carbocycles. The van der Waals surface area contributed by atoms with E-state index in [1.54, 1.807) is 11.8 Å². The molecule has 0 aromatic heterocycles. The number of benzene rings is 3.